The van der Waals surface area contributed by atoms with Crippen LogP contribution in [0.25, 0.3) is 0 Å². The van der Waals surface area contributed by atoms with Gasteiger partial charge in [-0.3, -0.25) is 0 Å². The van der Waals surface area contributed by atoms with E-state index in [0.29, 0.717) is 44.7 Å². The quantitative estimate of drug-likeness (QED) is 0.150. The third kappa shape index (κ3) is 9.33. The molecule has 2 N–H and O–H groups in total. The van der Waals surface area contributed by atoms with E-state index in [2.05, 4.69) is 134 Å². The number of rotatable bonds is 8. The molecule has 8 rings (SSSR count). The van der Waals surface area contributed by atoms with Crippen molar-refractivity contribution in [2.24, 2.45) is 0 Å². The number of para-hydroxylation sites is 1. The van der Waals surface area contributed by atoms with Gasteiger partial charge in [-0.15, -0.1) is 5.75 Å². The molecule has 0 bridgehead atoms. The fourth-order valence-corrected chi connectivity index (χ4v) is 10.1. The number of aromatic hydroxyl groups is 2. The average Bonchev–Trinajstić information content (AvgIpc) is 3.58. The molecule has 6 nitrogen and oxygen atoms in total. The maximum Gasteiger partial charge on any atom is 0.127 e. The summed E-state index contributed by atoms with van der Waals surface area (Å²) in [6.45, 7) is 13.0. The number of ether oxygens (including phenoxy) is 1. The minimum atomic E-state index is -0.339. The maximum absolute atomic E-state index is 11.7. The van der Waals surface area contributed by atoms with Gasteiger partial charge in [0, 0.05) is 0 Å². The zero-order valence-electron chi connectivity index (χ0n) is 34.9. The smallest absolute Gasteiger partial charge is 0.127 e. The van der Waals surface area contributed by atoms with Gasteiger partial charge < -0.3 is 9.84 Å². The van der Waals surface area contributed by atoms with Gasteiger partial charge in [0.15, 0.2) is 0 Å². The summed E-state index contributed by atoms with van der Waals surface area (Å²) in [6.07, 6.45) is 9.07. The molecule has 0 aromatic heterocycles. The van der Waals surface area contributed by atoms with Crippen LogP contribution in [0.4, 0.5) is 0 Å². The second-order valence-corrected chi connectivity index (χ2v) is 18.3. The number of fused-ring (bicyclic) bond motifs is 1. The Morgan fingerprint density at radius 3 is 1.39 bits per heavy atom. The average molecular weight is 827 g/mol. The van der Waals surface area contributed by atoms with E-state index in [1.165, 1.54) is 36.1 Å². The summed E-state index contributed by atoms with van der Waals surface area (Å²) in [6, 6.07) is 45.9. The molecule has 2 aliphatic rings. The molecule has 1 aliphatic heterocycles. The summed E-state index contributed by atoms with van der Waals surface area (Å²) in [7, 11) is 0. The van der Waals surface area contributed by atoms with Crippen LogP contribution in [0.5, 0.6) is 28.7 Å². The number of aryl methyl sites for hydroxylation is 2. The third-order valence-electron chi connectivity index (χ3n) is 11.7. The van der Waals surface area contributed by atoms with Crippen molar-refractivity contribution in [2.45, 2.75) is 90.1 Å². The fraction of sp³-hybridized carbons (Fsp3) is 0.269. The van der Waals surface area contributed by atoms with Gasteiger partial charge in [-0.1, -0.05) is 30.3 Å². The van der Waals surface area contributed by atoms with Gasteiger partial charge in [0.2, 0.25) is 0 Å². The number of hydrogen-bond donors (Lipinski definition) is 2. The maximum atomic E-state index is 11.7. The molecule has 0 spiro atoms. The summed E-state index contributed by atoms with van der Waals surface area (Å²) < 4.78 is 10.4. The van der Waals surface area contributed by atoms with Crippen LogP contribution >= 0.6 is 0 Å². The molecule has 1 saturated heterocycles. The first-order valence-electron chi connectivity index (χ1n) is 20.5. The number of benzene rings is 6. The van der Waals surface area contributed by atoms with Crippen molar-refractivity contribution < 1.29 is 42.6 Å². The van der Waals surface area contributed by atoms with Gasteiger partial charge in [-0.25, -0.2) is 0 Å². The predicted octanol–water partition coefficient (Wildman–Crippen LogP) is 10.7. The van der Waals surface area contributed by atoms with Crippen molar-refractivity contribution in [3.63, 3.8) is 0 Å². The van der Waals surface area contributed by atoms with Gasteiger partial charge in [0.1, 0.15) is 11.5 Å². The predicted molar refractivity (Wildman–Crippen MR) is 232 cm³/mol. The van der Waals surface area contributed by atoms with E-state index < -0.39 is 0 Å². The number of phenols is 2. The Kier molecular flexibility index (Phi) is 12.5. The van der Waals surface area contributed by atoms with Crippen LogP contribution in [0.1, 0.15) is 97.9 Å². The first kappa shape index (κ1) is 41.5. The Morgan fingerprint density at radius 2 is 0.966 bits per heavy atom. The summed E-state index contributed by atoms with van der Waals surface area (Å²) in [5.41, 5.74) is 7.61. The van der Waals surface area contributed by atoms with Crippen molar-refractivity contribution in [3.05, 3.63) is 184 Å². The van der Waals surface area contributed by atoms with Crippen molar-refractivity contribution in [2.75, 3.05) is 0 Å². The van der Waals surface area contributed by atoms with Crippen molar-refractivity contribution >= 4 is 12.4 Å². The molecule has 0 radical (unpaired) electrons. The molecule has 1 saturated carbocycles. The molecular weight excluding hydrogens is 772 g/mol. The van der Waals surface area contributed by atoms with Gasteiger partial charge in [-0.05, 0) is 24.3 Å². The minimum Gasteiger partial charge on any atom is -0.872 e. The van der Waals surface area contributed by atoms with Crippen LogP contribution in [0.2, 0.25) is 0 Å². The van der Waals surface area contributed by atoms with E-state index in [1.54, 1.807) is 12.1 Å². The zero-order valence-corrected chi connectivity index (χ0v) is 36.1. The summed E-state index contributed by atoms with van der Waals surface area (Å²) in [4.78, 5) is 0. The first-order valence-corrected chi connectivity index (χ1v) is 21.6. The van der Waals surface area contributed by atoms with Crippen LogP contribution < -0.4 is 9.84 Å². The van der Waals surface area contributed by atoms with Gasteiger partial charge in [-0.2, -0.15) is 0 Å². The minimum absolute atomic E-state index is 0.00888. The van der Waals surface area contributed by atoms with E-state index in [4.69, 9.17) is 4.74 Å². The van der Waals surface area contributed by atoms with E-state index in [9.17, 15) is 15.3 Å². The van der Waals surface area contributed by atoms with Gasteiger partial charge in [0.05, 0.1) is 0 Å². The second-order valence-electron chi connectivity index (χ2n) is 16.8. The number of hydrogen-bond acceptors (Lipinski definition) is 4. The molecule has 2 fully saturated rings. The SMILES string of the molecule is Cc1cc(C=[N+]2[Mn][N+](=Cc3cc(C)cc(C(C)(C)c4ccccc4)c3O)C3CCCCC32)c(O)c(C(C)(C)c2ccccc2)c1.[O-]c1ccc(Oc2ccccc2)cc1. The molecule has 0 amide bonds. The van der Waals surface area contributed by atoms with Crippen molar-refractivity contribution in [1.29, 1.82) is 0 Å². The van der Waals surface area contributed by atoms with Crippen LogP contribution in [-0.2, 0) is 26.2 Å². The molecule has 303 valence electrons. The van der Waals surface area contributed by atoms with Gasteiger partial charge in [0.25, 0.3) is 0 Å². The third-order valence-corrected chi connectivity index (χ3v) is 13.4. The first-order chi connectivity index (χ1) is 28.3. The number of nitrogens with zero attached hydrogens (tertiary/aromatic N) is 2. The molecule has 2 atom stereocenters. The van der Waals surface area contributed by atoms with Crippen LogP contribution in [-0.4, -0.2) is 41.9 Å². The normalized spacial score (nSPS) is 17.9. The summed E-state index contributed by atoms with van der Waals surface area (Å²) in [5.74, 6) is 2.16. The molecule has 6 aromatic carbocycles. The Morgan fingerprint density at radius 1 is 0.576 bits per heavy atom. The van der Waals surface area contributed by atoms with Crippen molar-refractivity contribution in [3.8, 4) is 28.7 Å². The Hall–Kier alpha value is -5.62. The Labute approximate surface area is 356 Å². The standard InChI is InChI=1S/C40H46N2O2.C12H10O2.Mn/c1-27-21-29(37(43)33(23-27)39(3,4)31-15-9-7-10-16-31)25-41-35-19-13-14-20-36(35)42-26-30-22-28(2)24-34(38(30)44)40(5,6)32-17-11-8-12-18-32;13-10-6-8-12(9-7-10)14-11-4-2-1-3-5-11;/h7-12,15-18,21-26,35-36,43-44H,13-14,19-20H2,1-6H3;1-9,13H;/q;;+2/p-1. The van der Waals surface area contributed by atoms with Gasteiger partial charge >= 0.3 is 276 Å². The molecule has 1 heterocycles. The fourth-order valence-electron chi connectivity index (χ4n) is 8.30. The van der Waals surface area contributed by atoms with Crippen LogP contribution in [0.3, 0.4) is 0 Å². The van der Waals surface area contributed by atoms with Crippen LogP contribution in [0.15, 0.2) is 140 Å². The van der Waals surface area contributed by atoms with E-state index in [-0.39, 0.29) is 16.6 Å². The van der Waals surface area contributed by atoms with E-state index in [1.807, 2.05) is 42.5 Å². The second kappa shape index (κ2) is 17.7. The molecule has 6 aromatic rings. The molecular formula is C52H55MnN2O4+. The van der Waals surface area contributed by atoms with Crippen molar-refractivity contribution in [1.82, 2.24) is 0 Å². The molecule has 2 unspecified atom stereocenters. The molecule has 7 heteroatoms. The Balaban J connectivity index is 0.000000317. The molecule has 1 aliphatic carbocycles. The molecule has 59 heavy (non-hydrogen) atoms. The summed E-state index contributed by atoms with van der Waals surface area (Å²) in [5, 5.41) is 34.3. The summed E-state index contributed by atoms with van der Waals surface area (Å²) >= 11 is 0.348. The topological polar surface area (TPSA) is 78.8 Å². The number of phenolic OH excluding ortho intramolecular Hbond substituents is 2. The zero-order chi connectivity index (χ0) is 41.7. The Bertz CT molecular complexity index is 2310. The van der Waals surface area contributed by atoms with E-state index in [0.717, 1.165) is 52.0 Å². The van der Waals surface area contributed by atoms with Crippen LogP contribution in [0, 0.1) is 13.8 Å². The largest absolute Gasteiger partial charge is 0.872 e. The van der Waals surface area contributed by atoms with E-state index >= 15 is 0 Å². The monoisotopic (exact) mass is 826 g/mol.